The fraction of sp³-hybridized carbons (Fsp3) is 0.429. The number of esters is 2. The lowest BCUT2D eigenvalue weighted by atomic mass is 9.88. The summed E-state index contributed by atoms with van der Waals surface area (Å²) < 4.78 is 27.3. The van der Waals surface area contributed by atoms with Crippen molar-refractivity contribution in [2.24, 2.45) is 5.41 Å². The van der Waals surface area contributed by atoms with Crippen molar-refractivity contribution in [3.05, 3.63) is 66.2 Å². The van der Waals surface area contributed by atoms with E-state index in [1.165, 1.54) is 28.1 Å². The summed E-state index contributed by atoms with van der Waals surface area (Å²) >= 11 is 0. The van der Waals surface area contributed by atoms with E-state index < -0.39 is 53.1 Å². The van der Waals surface area contributed by atoms with Crippen molar-refractivity contribution in [1.29, 1.82) is 0 Å². The van der Waals surface area contributed by atoms with E-state index in [4.69, 9.17) is 28.8 Å². The first kappa shape index (κ1) is 38.2. The molecule has 0 aliphatic carbocycles. The summed E-state index contributed by atoms with van der Waals surface area (Å²) in [5.74, 6) is -3.92. The number of carbonyl (C=O) groups is 6. The molecule has 2 aromatic carbocycles. The molecule has 1 heterocycles. The first-order valence-corrected chi connectivity index (χ1v) is 15.5. The van der Waals surface area contributed by atoms with Gasteiger partial charge in [0.05, 0.1) is 39.3 Å². The first-order chi connectivity index (χ1) is 23.3. The maximum atomic E-state index is 13.8. The summed E-state index contributed by atoms with van der Waals surface area (Å²) in [5.41, 5.74) is 0.336. The van der Waals surface area contributed by atoms with E-state index in [1.807, 2.05) is 6.07 Å². The van der Waals surface area contributed by atoms with Crippen LogP contribution in [0, 0.1) is 5.41 Å². The number of carboxylic acids is 1. The summed E-state index contributed by atoms with van der Waals surface area (Å²) in [7, 11) is 3.04. The molecule has 1 aliphatic heterocycles. The zero-order valence-corrected chi connectivity index (χ0v) is 28.0. The number of methoxy groups -OCH3 is 2. The van der Waals surface area contributed by atoms with E-state index in [-0.39, 0.29) is 45.6 Å². The van der Waals surface area contributed by atoms with Crippen molar-refractivity contribution in [2.75, 3.05) is 45.9 Å². The number of Topliss-reactive ketones (excluding diaryl/α,β-unsaturated/α-hetero) is 1. The van der Waals surface area contributed by atoms with Crippen LogP contribution in [-0.2, 0) is 49.4 Å². The van der Waals surface area contributed by atoms with Gasteiger partial charge in [-0.25, -0.2) is 9.59 Å². The second-order valence-corrected chi connectivity index (χ2v) is 11.8. The Balaban J connectivity index is 1.86. The highest BCUT2D eigenvalue weighted by Gasteiger charge is 2.43. The monoisotopic (exact) mass is 682 g/mol. The highest BCUT2D eigenvalue weighted by atomic mass is 16.6. The fourth-order valence-electron chi connectivity index (χ4n) is 4.94. The number of aliphatic carboxylic acids is 1. The number of hydrogen-bond donors (Lipinski definition) is 2. The summed E-state index contributed by atoms with van der Waals surface area (Å²) in [6.45, 7) is 5.66. The standard InChI is InChI=1S/C35H42N2O12/c1-6-31(41)48-21-35(2,3)32(42)33(43)37-16-17-47-20-25(37)34(44)49-26(12-10-22-11-13-27(45-4)28(18-22)46-5)23-8-7-9-24(19-23)36-29(38)14-15-30(39)40/h6-9,11,13,18-19,25-26H,1,10,12,14-17,20-21H2,2-5H3,(H,36,38)(H,39,40)/t25?,26-/m1/s1. The van der Waals surface area contributed by atoms with Crippen LogP contribution < -0.4 is 14.8 Å². The van der Waals surface area contributed by atoms with Crippen LogP contribution in [0.25, 0.3) is 0 Å². The highest BCUT2D eigenvalue weighted by Crippen LogP contribution is 2.31. The number of aryl methyl sites for hydroxylation is 1. The summed E-state index contributed by atoms with van der Waals surface area (Å²) in [4.78, 5) is 76.4. The predicted molar refractivity (Wildman–Crippen MR) is 175 cm³/mol. The Morgan fingerprint density at radius 1 is 1.06 bits per heavy atom. The van der Waals surface area contributed by atoms with Gasteiger partial charge in [0.1, 0.15) is 12.7 Å². The molecule has 0 bridgehead atoms. The van der Waals surface area contributed by atoms with Crippen molar-refractivity contribution in [1.82, 2.24) is 4.90 Å². The molecule has 2 atom stereocenters. The lowest BCUT2D eigenvalue weighted by Gasteiger charge is -2.36. The van der Waals surface area contributed by atoms with Crippen molar-refractivity contribution in [3.8, 4) is 11.5 Å². The van der Waals surface area contributed by atoms with Gasteiger partial charge in [-0.15, -0.1) is 0 Å². The molecule has 264 valence electrons. The number of ketones is 1. The molecule has 0 saturated carbocycles. The topological polar surface area (TPSA) is 184 Å². The van der Waals surface area contributed by atoms with Crippen molar-refractivity contribution in [3.63, 3.8) is 0 Å². The first-order valence-electron chi connectivity index (χ1n) is 15.5. The van der Waals surface area contributed by atoms with Gasteiger partial charge >= 0.3 is 17.9 Å². The summed E-state index contributed by atoms with van der Waals surface area (Å²) in [6.07, 6.45) is 0.166. The van der Waals surface area contributed by atoms with E-state index in [0.29, 0.717) is 29.2 Å². The van der Waals surface area contributed by atoms with Crippen molar-refractivity contribution in [2.45, 2.75) is 51.7 Å². The molecule has 1 fully saturated rings. The third-order valence-electron chi connectivity index (χ3n) is 7.72. The van der Waals surface area contributed by atoms with Gasteiger partial charge in [0.2, 0.25) is 11.7 Å². The summed E-state index contributed by atoms with van der Waals surface area (Å²) in [6, 6.07) is 10.7. The van der Waals surface area contributed by atoms with Gasteiger partial charge in [0, 0.05) is 24.7 Å². The number of nitrogens with one attached hydrogen (secondary N) is 1. The number of nitrogens with zero attached hydrogens (tertiary/aromatic N) is 1. The van der Waals surface area contributed by atoms with Crippen LogP contribution >= 0.6 is 0 Å². The lowest BCUT2D eigenvalue weighted by Crippen LogP contribution is -2.57. The molecular formula is C35H42N2O12. The smallest absolute Gasteiger partial charge is 0.331 e. The Labute approximate surface area is 284 Å². The second-order valence-electron chi connectivity index (χ2n) is 11.8. The number of morpholine rings is 1. The minimum Gasteiger partial charge on any atom is -0.493 e. The molecule has 1 unspecified atom stereocenters. The molecule has 2 N–H and O–H groups in total. The van der Waals surface area contributed by atoms with E-state index >= 15 is 0 Å². The van der Waals surface area contributed by atoms with E-state index in [9.17, 15) is 28.8 Å². The van der Waals surface area contributed by atoms with Crippen LogP contribution in [0.2, 0.25) is 0 Å². The number of carbonyl (C=O) groups excluding carboxylic acids is 5. The molecule has 1 aliphatic rings. The molecule has 0 radical (unpaired) electrons. The van der Waals surface area contributed by atoms with Gasteiger partial charge < -0.3 is 39.0 Å². The largest absolute Gasteiger partial charge is 0.493 e. The Morgan fingerprint density at radius 3 is 2.47 bits per heavy atom. The van der Waals surface area contributed by atoms with Crippen LogP contribution in [0.15, 0.2) is 55.1 Å². The van der Waals surface area contributed by atoms with E-state index in [2.05, 4.69) is 11.9 Å². The molecule has 3 rings (SSSR count). The molecule has 14 nitrogen and oxygen atoms in total. The van der Waals surface area contributed by atoms with Crippen LogP contribution in [0.3, 0.4) is 0 Å². The van der Waals surface area contributed by atoms with Gasteiger partial charge in [-0.1, -0.05) is 24.8 Å². The van der Waals surface area contributed by atoms with Crippen LogP contribution in [-0.4, -0.2) is 92.1 Å². The van der Waals surface area contributed by atoms with Gasteiger partial charge in [0.25, 0.3) is 5.91 Å². The minimum atomic E-state index is -1.39. The normalized spacial score (nSPS) is 14.9. The predicted octanol–water partition coefficient (Wildman–Crippen LogP) is 3.28. The Hall–Kier alpha value is -5.24. The molecule has 1 saturated heterocycles. The number of ether oxygens (including phenoxy) is 5. The lowest BCUT2D eigenvalue weighted by molar-refractivity contribution is -0.170. The number of amides is 2. The third kappa shape index (κ3) is 10.9. The summed E-state index contributed by atoms with van der Waals surface area (Å²) in [5, 5.41) is 11.6. The van der Waals surface area contributed by atoms with Crippen LogP contribution in [0.5, 0.6) is 11.5 Å². The number of rotatable bonds is 17. The van der Waals surface area contributed by atoms with Crippen LogP contribution in [0.1, 0.15) is 50.3 Å². The number of hydrogen-bond acceptors (Lipinski definition) is 11. The Morgan fingerprint density at radius 2 is 1.80 bits per heavy atom. The molecule has 2 amide bonds. The van der Waals surface area contributed by atoms with Crippen molar-refractivity contribution >= 4 is 41.2 Å². The Bertz CT molecular complexity index is 1550. The maximum Gasteiger partial charge on any atom is 0.331 e. The van der Waals surface area contributed by atoms with Crippen LogP contribution in [0.4, 0.5) is 5.69 Å². The molecule has 49 heavy (non-hydrogen) atoms. The zero-order valence-electron chi connectivity index (χ0n) is 28.0. The van der Waals surface area contributed by atoms with Gasteiger partial charge in [0.15, 0.2) is 17.5 Å². The third-order valence-corrected chi connectivity index (χ3v) is 7.72. The highest BCUT2D eigenvalue weighted by molar-refractivity contribution is 6.38. The van der Waals surface area contributed by atoms with Gasteiger partial charge in [-0.3, -0.25) is 19.2 Å². The molecule has 0 spiro atoms. The number of anilines is 1. The van der Waals surface area contributed by atoms with Crippen molar-refractivity contribution < 1.29 is 57.6 Å². The molecule has 0 aromatic heterocycles. The Kier molecular flexibility index (Phi) is 13.9. The quantitative estimate of drug-likeness (QED) is 0.141. The number of benzene rings is 2. The second kappa shape index (κ2) is 17.8. The van der Waals surface area contributed by atoms with E-state index in [0.717, 1.165) is 16.5 Å². The zero-order chi connectivity index (χ0) is 36.1. The molecular weight excluding hydrogens is 640 g/mol. The molecule has 2 aromatic rings. The SMILES string of the molecule is C=CC(=O)OCC(C)(C)C(=O)C(=O)N1CCOCC1C(=O)O[C@H](CCc1ccc(OC)c(OC)c1)c1cccc(NC(=O)CCC(=O)O)c1. The average Bonchev–Trinajstić information content (AvgIpc) is 3.10. The fourth-order valence-corrected chi connectivity index (χ4v) is 4.94. The maximum absolute atomic E-state index is 13.8. The minimum absolute atomic E-state index is 0.0545. The van der Waals surface area contributed by atoms with E-state index in [1.54, 1.807) is 36.4 Å². The average molecular weight is 683 g/mol. The van der Waals surface area contributed by atoms with Gasteiger partial charge in [-0.05, 0) is 62.1 Å². The molecule has 14 heteroatoms. The van der Waals surface area contributed by atoms with Gasteiger partial charge in [-0.2, -0.15) is 0 Å². The number of carboxylic acid groups (broad SMARTS) is 1.